The van der Waals surface area contributed by atoms with Gasteiger partial charge in [0.2, 0.25) is 11.9 Å². The molecular formula is C11H13F2N3O2. The number of aliphatic imine (C=N–C) groups is 1. The third-order valence-electron chi connectivity index (χ3n) is 2.12. The third-order valence-corrected chi connectivity index (χ3v) is 2.12. The van der Waals surface area contributed by atoms with Crippen molar-refractivity contribution in [2.24, 2.45) is 10.7 Å². The monoisotopic (exact) mass is 257 g/mol. The molecule has 0 aromatic heterocycles. The Morgan fingerprint density at radius 2 is 1.94 bits per heavy atom. The molecule has 5 nitrogen and oxygen atoms in total. The van der Waals surface area contributed by atoms with E-state index in [1.54, 1.807) is 0 Å². The maximum absolute atomic E-state index is 11.9. The van der Waals surface area contributed by atoms with Crippen LogP contribution in [0.5, 0.6) is 5.75 Å². The maximum Gasteiger partial charge on any atom is 0.387 e. The second-order valence-electron chi connectivity index (χ2n) is 3.42. The zero-order valence-electron chi connectivity index (χ0n) is 9.93. The molecule has 1 rings (SSSR count). The first-order chi connectivity index (χ1) is 8.40. The number of nitrogens with two attached hydrogens (primary N) is 1. The van der Waals surface area contributed by atoms with Gasteiger partial charge >= 0.3 is 6.61 Å². The van der Waals surface area contributed by atoms with Crippen LogP contribution in [0.1, 0.15) is 6.92 Å². The molecule has 0 heterocycles. The molecule has 1 amide bonds. The van der Waals surface area contributed by atoms with Crippen LogP contribution in [0.15, 0.2) is 29.3 Å². The number of rotatable bonds is 3. The van der Waals surface area contributed by atoms with Gasteiger partial charge in [-0.05, 0) is 24.3 Å². The second-order valence-corrected chi connectivity index (χ2v) is 3.42. The number of nitrogens with zero attached hydrogens (tertiary/aromatic N) is 2. The Kier molecular flexibility index (Phi) is 4.59. The van der Waals surface area contributed by atoms with Crippen molar-refractivity contribution in [1.82, 2.24) is 4.90 Å². The standard InChI is InChI=1S/C11H13F2N3O2/c1-7(17)16(2)11(14)15-8-3-5-9(6-4-8)18-10(12)13/h3-6,10H,1-2H3,(H2,14,15). The van der Waals surface area contributed by atoms with Crippen LogP contribution in [0.2, 0.25) is 0 Å². The van der Waals surface area contributed by atoms with Crippen molar-refractivity contribution in [2.75, 3.05) is 7.05 Å². The molecule has 2 N–H and O–H groups in total. The topological polar surface area (TPSA) is 67.9 Å². The lowest BCUT2D eigenvalue weighted by atomic mass is 10.3. The first-order valence-electron chi connectivity index (χ1n) is 5.03. The highest BCUT2D eigenvalue weighted by Crippen LogP contribution is 2.19. The highest BCUT2D eigenvalue weighted by atomic mass is 19.3. The van der Waals surface area contributed by atoms with E-state index in [4.69, 9.17) is 5.73 Å². The number of guanidine groups is 1. The smallest absolute Gasteiger partial charge is 0.387 e. The lowest BCUT2D eigenvalue weighted by molar-refractivity contribution is -0.124. The van der Waals surface area contributed by atoms with E-state index in [1.165, 1.54) is 43.1 Å². The van der Waals surface area contributed by atoms with Crippen molar-refractivity contribution in [3.05, 3.63) is 24.3 Å². The van der Waals surface area contributed by atoms with Crippen LogP contribution >= 0.6 is 0 Å². The van der Waals surface area contributed by atoms with Crippen LogP contribution < -0.4 is 10.5 Å². The predicted octanol–water partition coefficient (Wildman–Crippen LogP) is 1.71. The summed E-state index contributed by atoms with van der Waals surface area (Å²) in [4.78, 5) is 16.1. The molecule has 0 spiro atoms. The fraction of sp³-hybridized carbons (Fsp3) is 0.273. The zero-order valence-corrected chi connectivity index (χ0v) is 9.93. The molecule has 1 aromatic rings. The van der Waals surface area contributed by atoms with Crippen molar-refractivity contribution < 1.29 is 18.3 Å². The largest absolute Gasteiger partial charge is 0.435 e. The van der Waals surface area contributed by atoms with Gasteiger partial charge in [0, 0.05) is 14.0 Å². The normalized spacial score (nSPS) is 11.5. The fourth-order valence-corrected chi connectivity index (χ4v) is 1.07. The maximum atomic E-state index is 11.9. The summed E-state index contributed by atoms with van der Waals surface area (Å²) < 4.78 is 28.0. The molecule has 18 heavy (non-hydrogen) atoms. The number of carbonyl (C=O) groups is 1. The van der Waals surface area contributed by atoms with Crippen molar-refractivity contribution in [3.8, 4) is 5.75 Å². The van der Waals surface area contributed by atoms with E-state index in [2.05, 4.69) is 9.73 Å². The number of hydrogen-bond acceptors (Lipinski definition) is 3. The summed E-state index contributed by atoms with van der Waals surface area (Å²) in [7, 11) is 1.48. The Morgan fingerprint density at radius 1 is 1.39 bits per heavy atom. The van der Waals surface area contributed by atoms with Gasteiger partial charge in [-0.3, -0.25) is 9.69 Å². The van der Waals surface area contributed by atoms with E-state index >= 15 is 0 Å². The highest BCUT2D eigenvalue weighted by Gasteiger charge is 2.07. The molecule has 0 fully saturated rings. The molecule has 0 radical (unpaired) electrons. The summed E-state index contributed by atoms with van der Waals surface area (Å²) in [5.74, 6) is -0.207. The Bertz CT molecular complexity index is 446. The van der Waals surface area contributed by atoms with Crippen LogP contribution in [0, 0.1) is 0 Å². The molecule has 0 saturated heterocycles. The number of halogens is 2. The summed E-state index contributed by atoms with van der Waals surface area (Å²) in [6, 6.07) is 5.59. The van der Waals surface area contributed by atoms with Crippen molar-refractivity contribution in [3.63, 3.8) is 0 Å². The lowest BCUT2D eigenvalue weighted by Crippen LogP contribution is -2.37. The van der Waals surface area contributed by atoms with Gasteiger partial charge in [-0.15, -0.1) is 0 Å². The average molecular weight is 257 g/mol. The van der Waals surface area contributed by atoms with E-state index < -0.39 is 6.61 Å². The summed E-state index contributed by atoms with van der Waals surface area (Å²) in [6.45, 7) is -1.52. The van der Waals surface area contributed by atoms with Gasteiger partial charge in [-0.1, -0.05) is 0 Å². The van der Waals surface area contributed by atoms with Crippen LogP contribution in [0.4, 0.5) is 14.5 Å². The van der Waals surface area contributed by atoms with Crippen LogP contribution in [-0.4, -0.2) is 30.4 Å². The van der Waals surface area contributed by atoms with E-state index in [0.29, 0.717) is 5.69 Å². The second kappa shape index (κ2) is 5.95. The van der Waals surface area contributed by atoms with Crippen molar-refractivity contribution >= 4 is 17.6 Å². The molecule has 98 valence electrons. The zero-order chi connectivity index (χ0) is 13.7. The molecule has 0 aliphatic carbocycles. The van der Waals surface area contributed by atoms with Crippen LogP contribution in [0.25, 0.3) is 0 Å². The SMILES string of the molecule is CC(=O)N(C)C(N)=Nc1ccc(OC(F)F)cc1. The Balaban J connectivity index is 2.80. The molecule has 0 saturated carbocycles. The summed E-state index contributed by atoms with van der Waals surface area (Å²) >= 11 is 0. The summed E-state index contributed by atoms with van der Waals surface area (Å²) in [5.41, 5.74) is 6.01. The summed E-state index contributed by atoms with van der Waals surface area (Å²) in [6.07, 6.45) is 0. The minimum atomic E-state index is -2.87. The number of ether oxygens (including phenoxy) is 1. The van der Waals surface area contributed by atoms with Gasteiger partial charge in [0.15, 0.2) is 0 Å². The van der Waals surface area contributed by atoms with E-state index in [-0.39, 0.29) is 17.6 Å². The van der Waals surface area contributed by atoms with Crippen molar-refractivity contribution in [2.45, 2.75) is 13.5 Å². The first kappa shape index (κ1) is 13.9. The van der Waals surface area contributed by atoms with Gasteiger partial charge in [0.25, 0.3) is 0 Å². The molecule has 0 atom stereocenters. The van der Waals surface area contributed by atoms with Crippen LogP contribution in [0.3, 0.4) is 0 Å². The molecular weight excluding hydrogens is 244 g/mol. The Hall–Kier alpha value is -2.18. The first-order valence-corrected chi connectivity index (χ1v) is 5.03. The number of amides is 1. The fourth-order valence-electron chi connectivity index (χ4n) is 1.07. The molecule has 7 heteroatoms. The Labute approximate surface area is 103 Å². The highest BCUT2D eigenvalue weighted by molar-refractivity contribution is 5.95. The number of hydrogen-bond donors (Lipinski definition) is 1. The Morgan fingerprint density at radius 3 is 2.39 bits per heavy atom. The minimum Gasteiger partial charge on any atom is -0.435 e. The number of alkyl halides is 2. The van der Waals surface area contributed by atoms with Gasteiger partial charge in [-0.25, -0.2) is 4.99 Å². The molecule has 1 aromatic carbocycles. The molecule has 0 unspecified atom stereocenters. The molecule has 0 aliphatic rings. The average Bonchev–Trinajstić information content (AvgIpc) is 2.29. The van der Waals surface area contributed by atoms with Gasteiger partial charge in [0.1, 0.15) is 5.75 Å². The predicted molar refractivity (Wildman–Crippen MR) is 62.8 cm³/mol. The van der Waals surface area contributed by atoms with Gasteiger partial charge < -0.3 is 10.5 Å². The van der Waals surface area contributed by atoms with E-state index in [1.807, 2.05) is 0 Å². The number of benzene rings is 1. The minimum absolute atomic E-state index is 0.0185. The quantitative estimate of drug-likeness (QED) is 0.662. The van der Waals surface area contributed by atoms with Crippen molar-refractivity contribution in [1.29, 1.82) is 0 Å². The summed E-state index contributed by atoms with van der Waals surface area (Å²) in [5, 5.41) is 0. The molecule has 0 aliphatic heterocycles. The third kappa shape index (κ3) is 4.00. The molecule has 0 bridgehead atoms. The van der Waals surface area contributed by atoms with E-state index in [0.717, 1.165) is 0 Å². The number of carbonyl (C=O) groups excluding carboxylic acids is 1. The van der Waals surface area contributed by atoms with Gasteiger partial charge in [-0.2, -0.15) is 8.78 Å². The van der Waals surface area contributed by atoms with E-state index in [9.17, 15) is 13.6 Å². The van der Waals surface area contributed by atoms with Gasteiger partial charge in [0.05, 0.1) is 5.69 Å². The lowest BCUT2D eigenvalue weighted by Gasteiger charge is -2.13. The van der Waals surface area contributed by atoms with Crippen LogP contribution in [-0.2, 0) is 4.79 Å².